The van der Waals surface area contributed by atoms with E-state index in [1.54, 1.807) is 14.2 Å². The third-order valence-electron chi connectivity index (χ3n) is 3.47. The standard InChI is InChI=1S/C15H23NO2/c1-17-11-13-7-12(9-15(10-13)18-2)8-14-5-3-4-6-16-14/h7,9-10,14,16H,3-6,8,11H2,1-2H3. The summed E-state index contributed by atoms with van der Waals surface area (Å²) in [6.07, 6.45) is 5.00. The maximum Gasteiger partial charge on any atom is 0.119 e. The number of methoxy groups -OCH3 is 2. The van der Waals surface area contributed by atoms with Crippen molar-refractivity contribution in [1.82, 2.24) is 5.32 Å². The molecule has 1 aliphatic heterocycles. The van der Waals surface area contributed by atoms with E-state index in [9.17, 15) is 0 Å². The number of hydrogen-bond donors (Lipinski definition) is 1. The van der Waals surface area contributed by atoms with E-state index in [4.69, 9.17) is 9.47 Å². The predicted molar refractivity (Wildman–Crippen MR) is 73.1 cm³/mol. The summed E-state index contributed by atoms with van der Waals surface area (Å²) in [5.41, 5.74) is 2.52. The van der Waals surface area contributed by atoms with Crippen LogP contribution >= 0.6 is 0 Å². The molecule has 3 nitrogen and oxygen atoms in total. The van der Waals surface area contributed by atoms with Crippen molar-refractivity contribution in [3.63, 3.8) is 0 Å². The normalized spacial score (nSPS) is 19.8. The second-order valence-corrected chi connectivity index (χ2v) is 4.97. The van der Waals surface area contributed by atoms with Gasteiger partial charge in [0.15, 0.2) is 0 Å². The summed E-state index contributed by atoms with van der Waals surface area (Å²) in [7, 11) is 3.44. The minimum absolute atomic E-state index is 0.612. The first-order chi connectivity index (χ1) is 8.81. The molecule has 3 heteroatoms. The highest BCUT2D eigenvalue weighted by molar-refractivity contribution is 5.34. The van der Waals surface area contributed by atoms with Gasteiger partial charge < -0.3 is 14.8 Å². The maximum atomic E-state index is 5.36. The second-order valence-electron chi connectivity index (χ2n) is 4.97. The molecule has 1 aromatic carbocycles. The van der Waals surface area contributed by atoms with E-state index >= 15 is 0 Å². The smallest absolute Gasteiger partial charge is 0.119 e. The lowest BCUT2D eigenvalue weighted by atomic mass is 9.96. The Bertz CT molecular complexity index is 373. The number of benzene rings is 1. The van der Waals surface area contributed by atoms with Gasteiger partial charge in [0, 0.05) is 13.2 Å². The molecule has 0 aliphatic carbocycles. The Balaban J connectivity index is 2.07. The second kappa shape index (κ2) is 6.76. The molecule has 0 amide bonds. The maximum absolute atomic E-state index is 5.36. The van der Waals surface area contributed by atoms with E-state index in [1.165, 1.54) is 30.4 Å². The lowest BCUT2D eigenvalue weighted by Gasteiger charge is -2.23. The van der Waals surface area contributed by atoms with Crippen LogP contribution < -0.4 is 10.1 Å². The topological polar surface area (TPSA) is 30.5 Å². The molecular formula is C15H23NO2. The molecule has 1 aliphatic rings. The summed E-state index contributed by atoms with van der Waals surface area (Å²) in [5.74, 6) is 0.926. The van der Waals surface area contributed by atoms with Crippen molar-refractivity contribution in [1.29, 1.82) is 0 Å². The van der Waals surface area contributed by atoms with Crippen LogP contribution in [-0.2, 0) is 17.8 Å². The van der Waals surface area contributed by atoms with E-state index in [-0.39, 0.29) is 0 Å². The third kappa shape index (κ3) is 3.72. The first kappa shape index (κ1) is 13.4. The molecular weight excluding hydrogens is 226 g/mol. The number of ether oxygens (including phenoxy) is 2. The van der Waals surface area contributed by atoms with Crippen molar-refractivity contribution in [3.05, 3.63) is 29.3 Å². The molecule has 1 fully saturated rings. The Labute approximate surface area is 109 Å². The van der Waals surface area contributed by atoms with Gasteiger partial charge in [-0.05, 0) is 49.1 Å². The summed E-state index contributed by atoms with van der Waals surface area (Å²) in [4.78, 5) is 0. The molecule has 1 N–H and O–H groups in total. The predicted octanol–water partition coefficient (Wildman–Crippen LogP) is 2.53. The average molecular weight is 249 g/mol. The molecule has 1 saturated heterocycles. The molecule has 1 aromatic rings. The van der Waals surface area contributed by atoms with Crippen LogP contribution in [0.15, 0.2) is 18.2 Å². The minimum Gasteiger partial charge on any atom is -0.497 e. The van der Waals surface area contributed by atoms with E-state index in [2.05, 4.69) is 17.4 Å². The van der Waals surface area contributed by atoms with Crippen molar-refractivity contribution in [2.75, 3.05) is 20.8 Å². The Hall–Kier alpha value is -1.06. The van der Waals surface area contributed by atoms with Gasteiger partial charge in [-0.3, -0.25) is 0 Å². The van der Waals surface area contributed by atoms with Crippen LogP contribution in [-0.4, -0.2) is 26.8 Å². The third-order valence-corrected chi connectivity index (χ3v) is 3.47. The molecule has 18 heavy (non-hydrogen) atoms. The number of nitrogens with one attached hydrogen (secondary N) is 1. The van der Waals surface area contributed by atoms with Crippen LogP contribution in [0.5, 0.6) is 5.75 Å². The fraction of sp³-hybridized carbons (Fsp3) is 0.600. The van der Waals surface area contributed by atoms with Crippen molar-refractivity contribution >= 4 is 0 Å². The molecule has 0 radical (unpaired) electrons. The van der Waals surface area contributed by atoms with Crippen LogP contribution in [0.2, 0.25) is 0 Å². The van der Waals surface area contributed by atoms with Crippen molar-refractivity contribution in [2.45, 2.75) is 38.3 Å². The Morgan fingerprint density at radius 1 is 1.17 bits per heavy atom. The molecule has 0 bridgehead atoms. The van der Waals surface area contributed by atoms with Gasteiger partial charge in [-0.25, -0.2) is 0 Å². The first-order valence-corrected chi connectivity index (χ1v) is 6.71. The Morgan fingerprint density at radius 3 is 2.67 bits per heavy atom. The minimum atomic E-state index is 0.612. The van der Waals surface area contributed by atoms with Crippen LogP contribution in [0, 0.1) is 0 Å². The molecule has 1 heterocycles. The van der Waals surface area contributed by atoms with Gasteiger partial charge in [-0.2, -0.15) is 0 Å². The van der Waals surface area contributed by atoms with Crippen LogP contribution in [0.1, 0.15) is 30.4 Å². The average Bonchev–Trinajstić information content (AvgIpc) is 2.40. The van der Waals surface area contributed by atoms with Gasteiger partial charge in [-0.15, -0.1) is 0 Å². The summed E-state index contributed by atoms with van der Waals surface area (Å²) in [6, 6.07) is 7.01. The number of hydrogen-bond acceptors (Lipinski definition) is 3. The Kier molecular flexibility index (Phi) is 5.02. The summed E-state index contributed by atoms with van der Waals surface area (Å²) < 4.78 is 10.6. The lowest BCUT2D eigenvalue weighted by Crippen LogP contribution is -2.35. The highest BCUT2D eigenvalue weighted by Gasteiger charge is 2.13. The van der Waals surface area contributed by atoms with Crippen molar-refractivity contribution < 1.29 is 9.47 Å². The molecule has 1 unspecified atom stereocenters. The SMILES string of the molecule is COCc1cc(CC2CCCCN2)cc(OC)c1. The molecule has 0 spiro atoms. The lowest BCUT2D eigenvalue weighted by molar-refractivity contribution is 0.184. The van der Waals surface area contributed by atoms with Crippen molar-refractivity contribution in [3.8, 4) is 5.75 Å². The van der Waals surface area contributed by atoms with Crippen LogP contribution in [0.4, 0.5) is 0 Å². The summed E-state index contributed by atoms with van der Waals surface area (Å²) in [6.45, 7) is 1.79. The zero-order valence-electron chi connectivity index (χ0n) is 11.4. The monoisotopic (exact) mass is 249 g/mol. The molecule has 0 saturated carbocycles. The highest BCUT2D eigenvalue weighted by Crippen LogP contribution is 2.20. The van der Waals surface area contributed by atoms with E-state index in [0.717, 1.165) is 18.7 Å². The number of piperidine rings is 1. The largest absolute Gasteiger partial charge is 0.497 e. The molecule has 100 valence electrons. The molecule has 0 aromatic heterocycles. The summed E-state index contributed by atoms with van der Waals surface area (Å²) >= 11 is 0. The summed E-state index contributed by atoms with van der Waals surface area (Å²) in [5, 5.41) is 3.58. The zero-order chi connectivity index (χ0) is 12.8. The Morgan fingerprint density at radius 2 is 2.00 bits per heavy atom. The van der Waals surface area contributed by atoms with Gasteiger partial charge >= 0.3 is 0 Å². The molecule has 1 atom stereocenters. The highest BCUT2D eigenvalue weighted by atomic mass is 16.5. The quantitative estimate of drug-likeness (QED) is 0.870. The van der Waals surface area contributed by atoms with Gasteiger partial charge in [-0.1, -0.05) is 12.5 Å². The fourth-order valence-corrected chi connectivity index (χ4v) is 2.60. The van der Waals surface area contributed by atoms with E-state index in [1.807, 2.05) is 6.07 Å². The van der Waals surface area contributed by atoms with Gasteiger partial charge in [0.05, 0.1) is 13.7 Å². The van der Waals surface area contributed by atoms with Gasteiger partial charge in [0.25, 0.3) is 0 Å². The zero-order valence-corrected chi connectivity index (χ0v) is 11.4. The van der Waals surface area contributed by atoms with Gasteiger partial charge in [0.1, 0.15) is 5.75 Å². The van der Waals surface area contributed by atoms with Crippen LogP contribution in [0.3, 0.4) is 0 Å². The first-order valence-electron chi connectivity index (χ1n) is 6.71. The molecule has 2 rings (SSSR count). The number of rotatable bonds is 5. The van der Waals surface area contributed by atoms with Crippen molar-refractivity contribution in [2.24, 2.45) is 0 Å². The van der Waals surface area contributed by atoms with Gasteiger partial charge in [0.2, 0.25) is 0 Å². The van der Waals surface area contributed by atoms with E-state index in [0.29, 0.717) is 12.6 Å². The van der Waals surface area contributed by atoms with Crippen LogP contribution in [0.25, 0.3) is 0 Å². The van der Waals surface area contributed by atoms with E-state index < -0.39 is 0 Å². The fourth-order valence-electron chi connectivity index (χ4n) is 2.60.